The van der Waals surface area contributed by atoms with Crippen LogP contribution in [0.2, 0.25) is 0 Å². The van der Waals surface area contributed by atoms with E-state index < -0.39 is 0 Å². The van der Waals surface area contributed by atoms with Crippen LogP contribution in [0.4, 0.5) is 5.69 Å². The van der Waals surface area contributed by atoms with Crippen LogP contribution in [-0.4, -0.2) is 25.5 Å². The number of rotatable bonds is 5. The van der Waals surface area contributed by atoms with E-state index in [0.29, 0.717) is 5.17 Å². The van der Waals surface area contributed by atoms with Gasteiger partial charge in [-0.1, -0.05) is 54.2 Å². The summed E-state index contributed by atoms with van der Waals surface area (Å²) in [6.07, 6.45) is 1.70. The van der Waals surface area contributed by atoms with Crippen molar-refractivity contribution in [3.8, 4) is 0 Å². The number of thioether (sulfide) groups is 1. The molecule has 2 rings (SSSR count). The molecule has 114 valence electrons. The molecule has 0 amide bonds. The van der Waals surface area contributed by atoms with Gasteiger partial charge in [-0.25, -0.2) is 0 Å². The highest BCUT2D eigenvalue weighted by molar-refractivity contribution is 8.13. The third-order valence-electron chi connectivity index (χ3n) is 3.00. The number of anilines is 1. The van der Waals surface area contributed by atoms with Crippen molar-refractivity contribution >= 4 is 28.8 Å². The van der Waals surface area contributed by atoms with Crippen LogP contribution >= 0.6 is 11.8 Å². The van der Waals surface area contributed by atoms with Gasteiger partial charge >= 0.3 is 0 Å². The third-order valence-corrected chi connectivity index (χ3v) is 3.86. The van der Waals surface area contributed by atoms with Crippen molar-refractivity contribution in [1.82, 2.24) is 0 Å². The lowest BCUT2D eigenvalue weighted by molar-refractivity contribution is 1.13. The number of nitrogens with two attached hydrogens (primary N) is 1. The summed E-state index contributed by atoms with van der Waals surface area (Å²) >= 11 is 1.48. The van der Waals surface area contributed by atoms with E-state index in [1.165, 1.54) is 17.3 Å². The van der Waals surface area contributed by atoms with Crippen molar-refractivity contribution in [2.45, 2.75) is 5.75 Å². The molecule has 0 saturated heterocycles. The fourth-order valence-electron chi connectivity index (χ4n) is 1.77. The van der Waals surface area contributed by atoms with Crippen LogP contribution in [0.15, 0.2) is 64.8 Å². The normalized spacial score (nSPS) is 11.8. The summed E-state index contributed by atoms with van der Waals surface area (Å²) in [4.78, 5) is 2.05. The van der Waals surface area contributed by atoms with E-state index >= 15 is 0 Å². The quantitative estimate of drug-likeness (QED) is 0.523. The Labute approximate surface area is 135 Å². The molecule has 0 aliphatic rings. The van der Waals surface area contributed by atoms with Crippen LogP contribution in [0.25, 0.3) is 0 Å². The smallest absolute Gasteiger partial charge is 0.180 e. The van der Waals surface area contributed by atoms with Gasteiger partial charge in [-0.15, -0.1) is 5.10 Å². The second kappa shape index (κ2) is 8.24. The van der Waals surface area contributed by atoms with Gasteiger partial charge in [0.15, 0.2) is 5.17 Å². The average Bonchev–Trinajstić information content (AvgIpc) is 2.54. The Morgan fingerprint density at radius 3 is 2.41 bits per heavy atom. The second-order valence-corrected chi connectivity index (χ2v) is 5.94. The Kier molecular flexibility index (Phi) is 6.03. The van der Waals surface area contributed by atoms with E-state index in [0.717, 1.165) is 17.0 Å². The summed E-state index contributed by atoms with van der Waals surface area (Å²) < 4.78 is 0. The predicted molar refractivity (Wildman–Crippen MR) is 97.7 cm³/mol. The summed E-state index contributed by atoms with van der Waals surface area (Å²) in [7, 11) is 4.02. The van der Waals surface area contributed by atoms with Crippen LogP contribution in [0, 0.1) is 0 Å². The van der Waals surface area contributed by atoms with E-state index in [-0.39, 0.29) is 0 Å². The fraction of sp³-hybridized carbons (Fsp3) is 0.176. The van der Waals surface area contributed by atoms with Gasteiger partial charge in [-0.05, 0) is 23.3 Å². The van der Waals surface area contributed by atoms with Crippen LogP contribution in [0.5, 0.6) is 0 Å². The molecule has 2 N–H and O–H groups in total. The molecule has 0 radical (unpaired) electrons. The maximum Gasteiger partial charge on any atom is 0.180 e. The SMILES string of the molecule is CN(C)c1ccc(C=NN=C(N)SCc2ccccc2)cc1. The molecule has 2 aromatic carbocycles. The molecule has 0 heterocycles. The Morgan fingerprint density at radius 2 is 1.77 bits per heavy atom. The van der Waals surface area contributed by atoms with E-state index in [2.05, 4.69) is 27.2 Å². The summed E-state index contributed by atoms with van der Waals surface area (Å²) in [6, 6.07) is 18.2. The monoisotopic (exact) mass is 312 g/mol. The third kappa shape index (κ3) is 5.26. The summed E-state index contributed by atoms with van der Waals surface area (Å²) in [6.45, 7) is 0. The Balaban J connectivity index is 1.87. The minimum Gasteiger partial charge on any atom is -0.378 e. The summed E-state index contributed by atoms with van der Waals surface area (Å²) in [5.41, 5.74) is 9.21. The van der Waals surface area contributed by atoms with Gasteiger partial charge in [0.2, 0.25) is 0 Å². The number of benzene rings is 2. The highest BCUT2D eigenvalue weighted by Crippen LogP contribution is 2.12. The first-order chi connectivity index (χ1) is 10.6. The van der Waals surface area contributed by atoms with E-state index in [4.69, 9.17) is 5.73 Å². The Hall–Kier alpha value is -2.27. The van der Waals surface area contributed by atoms with E-state index in [1.807, 2.05) is 56.6 Å². The lowest BCUT2D eigenvalue weighted by atomic mass is 10.2. The molecule has 0 aromatic heterocycles. The zero-order valence-electron chi connectivity index (χ0n) is 12.8. The molecule has 0 atom stereocenters. The molecule has 2 aromatic rings. The number of hydrogen-bond acceptors (Lipinski definition) is 4. The Bertz CT molecular complexity index is 633. The van der Waals surface area contributed by atoms with Crippen molar-refractivity contribution in [3.05, 3.63) is 65.7 Å². The van der Waals surface area contributed by atoms with Gasteiger partial charge in [0, 0.05) is 25.5 Å². The van der Waals surface area contributed by atoms with Gasteiger partial charge in [0.25, 0.3) is 0 Å². The highest BCUT2D eigenvalue weighted by Gasteiger charge is 1.96. The van der Waals surface area contributed by atoms with Gasteiger partial charge in [-0.3, -0.25) is 0 Å². The van der Waals surface area contributed by atoms with Crippen molar-refractivity contribution in [3.63, 3.8) is 0 Å². The summed E-state index contributed by atoms with van der Waals surface area (Å²) in [5.74, 6) is 0.795. The summed E-state index contributed by atoms with van der Waals surface area (Å²) in [5, 5.41) is 8.50. The van der Waals surface area contributed by atoms with Gasteiger partial charge < -0.3 is 10.6 Å². The molecule has 0 saturated carbocycles. The molecule has 4 nitrogen and oxygen atoms in total. The zero-order chi connectivity index (χ0) is 15.8. The lowest BCUT2D eigenvalue weighted by Crippen LogP contribution is -2.08. The Morgan fingerprint density at radius 1 is 1.09 bits per heavy atom. The van der Waals surface area contributed by atoms with E-state index in [1.54, 1.807) is 6.21 Å². The molecule has 0 aliphatic carbocycles. The first-order valence-electron chi connectivity index (χ1n) is 6.96. The topological polar surface area (TPSA) is 54.0 Å². The first-order valence-corrected chi connectivity index (χ1v) is 7.94. The number of hydrogen-bond donors (Lipinski definition) is 1. The average molecular weight is 312 g/mol. The molecular weight excluding hydrogens is 292 g/mol. The minimum absolute atomic E-state index is 0.463. The standard InChI is InChI=1S/C17H20N4S/c1-21(2)16-10-8-14(9-11-16)12-19-20-17(18)22-13-15-6-4-3-5-7-15/h3-12H,13H2,1-2H3,(H2,18,20). The number of nitrogens with zero attached hydrogens (tertiary/aromatic N) is 3. The minimum atomic E-state index is 0.463. The van der Waals surface area contributed by atoms with Gasteiger partial charge in [-0.2, -0.15) is 5.10 Å². The zero-order valence-corrected chi connectivity index (χ0v) is 13.6. The maximum absolute atomic E-state index is 5.84. The fourth-order valence-corrected chi connectivity index (χ4v) is 2.38. The van der Waals surface area contributed by atoms with Crippen LogP contribution < -0.4 is 10.6 Å². The van der Waals surface area contributed by atoms with Crippen molar-refractivity contribution in [1.29, 1.82) is 0 Å². The van der Waals surface area contributed by atoms with Gasteiger partial charge in [0.05, 0.1) is 6.21 Å². The molecule has 0 fully saturated rings. The molecule has 0 aliphatic heterocycles. The molecule has 0 bridgehead atoms. The van der Waals surface area contributed by atoms with Crippen molar-refractivity contribution in [2.24, 2.45) is 15.9 Å². The predicted octanol–water partition coefficient (Wildman–Crippen LogP) is 3.33. The lowest BCUT2D eigenvalue weighted by Gasteiger charge is -2.11. The van der Waals surface area contributed by atoms with Crippen LogP contribution in [-0.2, 0) is 5.75 Å². The molecule has 5 heteroatoms. The molecule has 0 unspecified atom stereocenters. The van der Waals surface area contributed by atoms with E-state index in [9.17, 15) is 0 Å². The van der Waals surface area contributed by atoms with Gasteiger partial charge in [0.1, 0.15) is 0 Å². The second-order valence-electron chi connectivity index (χ2n) is 4.94. The van der Waals surface area contributed by atoms with Crippen molar-refractivity contribution < 1.29 is 0 Å². The molecular formula is C17H20N4S. The molecule has 22 heavy (non-hydrogen) atoms. The van der Waals surface area contributed by atoms with Crippen LogP contribution in [0.1, 0.15) is 11.1 Å². The number of amidine groups is 1. The van der Waals surface area contributed by atoms with Crippen molar-refractivity contribution in [2.75, 3.05) is 19.0 Å². The molecule has 0 spiro atoms. The highest BCUT2D eigenvalue weighted by atomic mass is 32.2. The largest absolute Gasteiger partial charge is 0.378 e. The van der Waals surface area contributed by atoms with Crippen LogP contribution in [0.3, 0.4) is 0 Å². The first kappa shape index (κ1) is 16.1. The maximum atomic E-state index is 5.84.